The summed E-state index contributed by atoms with van der Waals surface area (Å²) in [5, 5.41) is 3.22. The highest BCUT2D eigenvalue weighted by atomic mass is 32.1. The van der Waals surface area contributed by atoms with E-state index < -0.39 is 0 Å². The van der Waals surface area contributed by atoms with Crippen molar-refractivity contribution >= 4 is 27.2 Å². The van der Waals surface area contributed by atoms with Gasteiger partial charge in [-0.25, -0.2) is 0 Å². The molecule has 0 fully saturated rings. The fourth-order valence-corrected chi connectivity index (χ4v) is 2.85. The third kappa shape index (κ3) is 2.56. The number of pyridine rings is 1. The van der Waals surface area contributed by atoms with E-state index in [0.717, 1.165) is 5.75 Å². The molecule has 1 aromatic carbocycles. The van der Waals surface area contributed by atoms with Crippen LogP contribution < -0.4 is 9.30 Å². The van der Waals surface area contributed by atoms with Gasteiger partial charge < -0.3 is 4.74 Å². The monoisotopic (exact) mass is 284 g/mol. The number of carbonyl (C=O) groups is 1. The Morgan fingerprint density at radius 2 is 2.00 bits per heavy atom. The van der Waals surface area contributed by atoms with E-state index in [1.54, 1.807) is 42.7 Å². The largest absolute Gasteiger partial charge is 0.497 e. The number of methoxy groups -OCH3 is 1. The summed E-state index contributed by atoms with van der Waals surface area (Å²) in [5.41, 5.74) is 0.698. The number of thiophene rings is 1. The lowest BCUT2D eigenvalue weighted by atomic mass is 10.1. The van der Waals surface area contributed by atoms with Gasteiger partial charge in [0.1, 0.15) is 5.75 Å². The predicted octanol–water partition coefficient (Wildman–Crippen LogP) is 3.08. The van der Waals surface area contributed by atoms with Gasteiger partial charge in [-0.1, -0.05) is 0 Å². The minimum atomic E-state index is 0.0900. The predicted molar refractivity (Wildman–Crippen MR) is 79.3 cm³/mol. The Bertz CT molecular complexity index is 747. The van der Waals surface area contributed by atoms with E-state index in [9.17, 15) is 4.79 Å². The van der Waals surface area contributed by atoms with Crippen LogP contribution in [0.25, 0.3) is 10.1 Å². The van der Waals surface area contributed by atoms with E-state index in [0.29, 0.717) is 12.1 Å². The average Bonchev–Trinajstić information content (AvgIpc) is 2.95. The molecule has 0 bridgehead atoms. The molecule has 3 nitrogen and oxygen atoms in total. The van der Waals surface area contributed by atoms with Crippen LogP contribution in [0.2, 0.25) is 0 Å². The third-order valence-corrected chi connectivity index (χ3v) is 4.09. The van der Waals surface area contributed by atoms with E-state index in [4.69, 9.17) is 4.74 Å². The van der Waals surface area contributed by atoms with Crippen molar-refractivity contribution in [1.82, 2.24) is 0 Å². The van der Waals surface area contributed by atoms with Crippen LogP contribution in [0.3, 0.4) is 0 Å². The Balaban J connectivity index is 1.80. The van der Waals surface area contributed by atoms with Crippen LogP contribution in [0.4, 0.5) is 0 Å². The van der Waals surface area contributed by atoms with E-state index >= 15 is 0 Å². The van der Waals surface area contributed by atoms with Gasteiger partial charge in [0, 0.05) is 16.3 Å². The first kappa shape index (κ1) is 12.8. The summed E-state index contributed by atoms with van der Waals surface area (Å²) in [6.07, 6.45) is 3.95. The summed E-state index contributed by atoms with van der Waals surface area (Å²) in [4.78, 5) is 12.2. The van der Waals surface area contributed by atoms with Crippen LogP contribution in [-0.4, -0.2) is 12.9 Å². The molecule has 0 spiro atoms. The van der Waals surface area contributed by atoms with Gasteiger partial charge >= 0.3 is 0 Å². The summed E-state index contributed by atoms with van der Waals surface area (Å²) < 4.78 is 8.24. The summed E-state index contributed by atoms with van der Waals surface area (Å²) in [6, 6.07) is 11.3. The van der Waals surface area contributed by atoms with Crippen LogP contribution in [0.15, 0.2) is 54.2 Å². The van der Waals surface area contributed by atoms with E-state index in [-0.39, 0.29) is 5.78 Å². The van der Waals surface area contributed by atoms with Crippen LogP contribution in [0.1, 0.15) is 10.4 Å². The maximum absolute atomic E-state index is 12.2. The maximum atomic E-state index is 12.2. The molecule has 0 amide bonds. The highest BCUT2D eigenvalue weighted by molar-refractivity contribution is 7.17. The molecule has 2 aromatic heterocycles. The number of hydrogen-bond acceptors (Lipinski definition) is 3. The molecular formula is C16H14NO2S+. The van der Waals surface area contributed by atoms with Gasteiger partial charge in [0.05, 0.1) is 12.5 Å². The van der Waals surface area contributed by atoms with Crippen LogP contribution in [0, 0.1) is 0 Å². The highest BCUT2D eigenvalue weighted by Crippen LogP contribution is 2.17. The first-order valence-electron chi connectivity index (χ1n) is 6.30. The lowest BCUT2D eigenvalue weighted by Gasteiger charge is -2.01. The van der Waals surface area contributed by atoms with Crippen molar-refractivity contribution in [3.05, 3.63) is 59.7 Å². The standard InChI is InChI=1S/C16H14NO2S/c1-19-14-4-2-12(3-5-14)15(18)11-17-8-6-16-13(10-17)7-9-20-16/h2-10H,11H2,1H3/q+1. The molecule has 3 rings (SSSR count). The van der Waals surface area contributed by atoms with Crippen molar-refractivity contribution in [1.29, 1.82) is 0 Å². The average molecular weight is 284 g/mol. The Morgan fingerprint density at radius 3 is 2.75 bits per heavy atom. The number of benzene rings is 1. The van der Waals surface area contributed by atoms with Crippen LogP contribution in [0.5, 0.6) is 5.75 Å². The number of aromatic nitrogens is 1. The zero-order valence-electron chi connectivity index (χ0n) is 11.1. The van der Waals surface area contributed by atoms with Gasteiger partial charge in [0.15, 0.2) is 12.4 Å². The van der Waals surface area contributed by atoms with Gasteiger partial charge in [-0.15, -0.1) is 11.3 Å². The van der Waals surface area contributed by atoms with E-state index in [1.807, 2.05) is 23.0 Å². The Labute approximate surface area is 121 Å². The van der Waals surface area contributed by atoms with Gasteiger partial charge in [0.2, 0.25) is 12.3 Å². The SMILES string of the molecule is COc1ccc(C(=O)C[n+]2ccc3sccc3c2)cc1. The molecule has 0 unspecified atom stereocenters. The number of hydrogen-bond donors (Lipinski definition) is 0. The zero-order chi connectivity index (χ0) is 13.9. The molecule has 3 aromatic rings. The fourth-order valence-electron chi connectivity index (χ4n) is 2.09. The molecule has 0 atom stereocenters. The number of fused-ring (bicyclic) bond motifs is 1. The minimum Gasteiger partial charge on any atom is -0.497 e. The van der Waals surface area contributed by atoms with Crippen molar-refractivity contribution in [2.75, 3.05) is 7.11 Å². The van der Waals surface area contributed by atoms with E-state index in [1.165, 1.54) is 10.1 Å². The minimum absolute atomic E-state index is 0.0900. The first-order chi connectivity index (χ1) is 9.76. The van der Waals surface area contributed by atoms with Crippen LogP contribution in [-0.2, 0) is 6.54 Å². The summed E-state index contributed by atoms with van der Waals surface area (Å²) in [5.74, 6) is 0.848. The lowest BCUT2D eigenvalue weighted by molar-refractivity contribution is -0.681. The topological polar surface area (TPSA) is 30.2 Å². The Morgan fingerprint density at radius 1 is 1.20 bits per heavy atom. The number of Topliss-reactive ketones (excluding diaryl/α,β-unsaturated/α-hetero) is 1. The summed E-state index contributed by atoms with van der Waals surface area (Å²) in [6.45, 7) is 0.345. The number of carbonyl (C=O) groups excluding carboxylic acids is 1. The molecule has 0 radical (unpaired) electrons. The number of ketones is 1. The lowest BCUT2D eigenvalue weighted by Crippen LogP contribution is -2.37. The molecule has 0 aliphatic carbocycles. The van der Waals surface area contributed by atoms with Gasteiger partial charge in [-0.05, 0) is 35.7 Å². The van der Waals surface area contributed by atoms with Crippen LogP contribution >= 0.6 is 11.3 Å². The van der Waals surface area contributed by atoms with Crippen molar-refractivity contribution in [2.24, 2.45) is 0 Å². The normalized spacial score (nSPS) is 10.7. The molecule has 100 valence electrons. The molecule has 0 saturated carbocycles. The highest BCUT2D eigenvalue weighted by Gasteiger charge is 2.13. The third-order valence-electron chi connectivity index (χ3n) is 3.19. The number of rotatable bonds is 4. The number of ether oxygens (including phenoxy) is 1. The van der Waals surface area contributed by atoms with Gasteiger partial charge in [-0.2, -0.15) is 4.57 Å². The Kier molecular flexibility index (Phi) is 3.48. The summed E-state index contributed by atoms with van der Waals surface area (Å²) in [7, 11) is 1.61. The zero-order valence-corrected chi connectivity index (χ0v) is 11.9. The van der Waals surface area contributed by atoms with Crippen molar-refractivity contribution < 1.29 is 14.1 Å². The number of nitrogens with zero attached hydrogens (tertiary/aromatic N) is 1. The van der Waals surface area contributed by atoms with Gasteiger partial charge in [0.25, 0.3) is 0 Å². The molecular weight excluding hydrogens is 270 g/mol. The molecule has 4 heteroatoms. The molecule has 0 aliphatic heterocycles. The summed E-state index contributed by atoms with van der Waals surface area (Å²) >= 11 is 1.70. The molecule has 20 heavy (non-hydrogen) atoms. The van der Waals surface area contributed by atoms with Crippen molar-refractivity contribution in [3.63, 3.8) is 0 Å². The van der Waals surface area contributed by atoms with Crippen molar-refractivity contribution in [3.8, 4) is 5.75 Å². The second-order valence-electron chi connectivity index (χ2n) is 4.51. The Hall–Kier alpha value is -2.20. The van der Waals surface area contributed by atoms with Gasteiger partial charge in [-0.3, -0.25) is 4.79 Å². The molecule has 0 saturated heterocycles. The second kappa shape index (κ2) is 5.43. The van der Waals surface area contributed by atoms with E-state index in [2.05, 4.69) is 11.4 Å². The second-order valence-corrected chi connectivity index (χ2v) is 5.46. The molecule has 0 N–H and O–H groups in total. The first-order valence-corrected chi connectivity index (χ1v) is 7.18. The van der Waals surface area contributed by atoms with Crippen molar-refractivity contribution in [2.45, 2.75) is 6.54 Å². The smallest absolute Gasteiger partial charge is 0.227 e. The quantitative estimate of drug-likeness (QED) is 0.544. The fraction of sp³-hybridized carbons (Fsp3) is 0.125. The molecule has 2 heterocycles. The maximum Gasteiger partial charge on any atom is 0.227 e. The molecule has 0 aliphatic rings.